The predicted octanol–water partition coefficient (Wildman–Crippen LogP) is 3.60. The maximum atomic E-state index is 13.1. The summed E-state index contributed by atoms with van der Waals surface area (Å²) >= 11 is 0. The van der Waals surface area contributed by atoms with Crippen LogP contribution in [-0.2, 0) is 20.7 Å². The van der Waals surface area contributed by atoms with E-state index in [9.17, 15) is 14.4 Å². The maximum Gasteiger partial charge on any atom is 0.419 e. The minimum atomic E-state index is -0.628. The number of aromatic nitrogens is 1. The SMILES string of the molecule is CC(C)(C)OC(=O)n1c2c(c3ccccc31)C[C@H](C=O)N1C(=O)CCC[C@@H]21. The summed E-state index contributed by atoms with van der Waals surface area (Å²) in [5.74, 6) is -0.0185. The summed E-state index contributed by atoms with van der Waals surface area (Å²) in [6, 6.07) is 6.92. The third-order valence-corrected chi connectivity index (χ3v) is 5.33. The molecule has 1 aromatic carbocycles. The summed E-state index contributed by atoms with van der Waals surface area (Å²) in [5.41, 5.74) is 1.92. The van der Waals surface area contributed by atoms with Gasteiger partial charge in [-0.25, -0.2) is 9.36 Å². The van der Waals surface area contributed by atoms with Gasteiger partial charge in [-0.1, -0.05) is 18.2 Å². The molecule has 0 bridgehead atoms. The number of amides is 1. The van der Waals surface area contributed by atoms with Crippen molar-refractivity contribution >= 4 is 29.2 Å². The van der Waals surface area contributed by atoms with Crippen molar-refractivity contribution in [1.82, 2.24) is 9.47 Å². The number of piperidine rings is 1. The van der Waals surface area contributed by atoms with Crippen molar-refractivity contribution < 1.29 is 19.1 Å². The smallest absolute Gasteiger partial charge is 0.419 e. The van der Waals surface area contributed by atoms with Gasteiger partial charge in [0.1, 0.15) is 11.9 Å². The molecule has 4 rings (SSSR count). The third-order valence-electron chi connectivity index (χ3n) is 5.33. The number of fused-ring (bicyclic) bond motifs is 5. The van der Waals surface area contributed by atoms with E-state index in [-0.39, 0.29) is 11.9 Å². The Morgan fingerprint density at radius 2 is 2.00 bits per heavy atom. The van der Waals surface area contributed by atoms with Crippen molar-refractivity contribution in [2.75, 3.05) is 0 Å². The first-order chi connectivity index (χ1) is 12.8. The van der Waals surface area contributed by atoms with E-state index >= 15 is 0 Å². The Morgan fingerprint density at radius 3 is 2.70 bits per heavy atom. The van der Waals surface area contributed by atoms with Crippen molar-refractivity contribution in [1.29, 1.82) is 0 Å². The van der Waals surface area contributed by atoms with Crippen LogP contribution in [0.3, 0.4) is 0 Å². The minimum absolute atomic E-state index is 0.0185. The van der Waals surface area contributed by atoms with Gasteiger partial charge in [-0.05, 0) is 45.2 Å². The first kappa shape index (κ1) is 17.8. The van der Waals surface area contributed by atoms with Crippen LogP contribution >= 0.6 is 0 Å². The maximum absolute atomic E-state index is 13.1. The van der Waals surface area contributed by atoms with Gasteiger partial charge in [0.25, 0.3) is 0 Å². The monoisotopic (exact) mass is 368 g/mol. The molecule has 2 atom stereocenters. The zero-order chi connectivity index (χ0) is 19.3. The molecule has 3 heterocycles. The second-order valence-electron chi connectivity index (χ2n) is 8.31. The van der Waals surface area contributed by atoms with Gasteiger partial charge in [0.2, 0.25) is 5.91 Å². The molecule has 0 spiro atoms. The summed E-state index contributed by atoms with van der Waals surface area (Å²) in [6.45, 7) is 5.51. The van der Waals surface area contributed by atoms with Crippen LogP contribution in [0.4, 0.5) is 4.79 Å². The quantitative estimate of drug-likeness (QED) is 0.721. The molecule has 2 aromatic rings. The Bertz CT molecular complexity index is 938. The molecule has 2 aliphatic heterocycles. The number of hydrogen-bond acceptors (Lipinski definition) is 4. The van der Waals surface area contributed by atoms with Crippen molar-refractivity contribution in [2.45, 2.75) is 64.1 Å². The van der Waals surface area contributed by atoms with E-state index < -0.39 is 17.7 Å². The fraction of sp³-hybridized carbons (Fsp3) is 0.476. The molecule has 1 aromatic heterocycles. The zero-order valence-electron chi connectivity index (χ0n) is 15.9. The highest BCUT2D eigenvalue weighted by atomic mass is 16.6. The Balaban J connectivity index is 1.95. The van der Waals surface area contributed by atoms with E-state index in [1.54, 1.807) is 9.47 Å². The highest BCUT2D eigenvalue weighted by molar-refractivity contribution is 5.95. The first-order valence-corrected chi connectivity index (χ1v) is 9.44. The fourth-order valence-electron chi connectivity index (χ4n) is 4.39. The van der Waals surface area contributed by atoms with Gasteiger partial charge in [-0.15, -0.1) is 0 Å². The Hall–Kier alpha value is -2.63. The minimum Gasteiger partial charge on any atom is -0.443 e. The molecule has 0 aliphatic carbocycles. The molecule has 1 amide bonds. The molecule has 6 nitrogen and oxygen atoms in total. The fourth-order valence-corrected chi connectivity index (χ4v) is 4.39. The lowest BCUT2D eigenvalue weighted by molar-refractivity contribution is -0.143. The van der Waals surface area contributed by atoms with Gasteiger partial charge in [0.05, 0.1) is 23.3 Å². The highest BCUT2D eigenvalue weighted by Crippen LogP contribution is 2.43. The molecule has 2 aliphatic rings. The van der Waals surface area contributed by atoms with Gasteiger partial charge in [0, 0.05) is 18.2 Å². The normalized spacial score (nSPS) is 22.3. The van der Waals surface area contributed by atoms with Crippen LogP contribution in [0.25, 0.3) is 10.9 Å². The average Bonchev–Trinajstić information content (AvgIpc) is 2.94. The number of carbonyl (C=O) groups excluding carboxylic acids is 3. The second kappa shape index (κ2) is 6.22. The summed E-state index contributed by atoms with van der Waals surface area (Å²) in [5, 5.41) is 0.947. The third kappa shape index (κ3) is 2.83. The summed E-state index contributed by atoms with van der Waals surface area (Å²) in [4.78, 5) is 39.1. The summed E-state index contributed by atoms with van der Waals surface area (Å²) in [7, 11) is 0. The number of nitrogens with zero attached hydrogens (tertiary/aromatic N) is 2. The average molecular weight is 368 g/mol. The summed E-state index contributed by atoms with van der Waals surface area (Å²) < 4.78 is 7.29. The molecular weight excluding hydrogens is 344 g/mol. The number of para-hydroxylation sites is 1. The molecule has 6 heteroatoms. The van der Waals surface area contributed by atoms with Crippen molar-refractivity contribution in [2.24, 2.45) is 0 Å². The van der Waals surface area contributed by atoms with Crippen LogP contribution in [0.2, 0.25) is 0 Å². The van der Waals surface area contributed by atoms with E-state index in [1.165, 1.54) is 0 Å². The second-order valence-corrected chi connectivity index (χ2v) is 8.31. The summed E-state index contributed by atoms with van der Waals surface area (Å²) in [6.07, 6.45) is 2.78. The van der Waals surface area contributed by atoms with E-state index in [0.29, 0.717) is 12.8 Å². The molecule has 142 valence electrons. The number of ether oxygens (including phenoxy) is 1. The highest BCUT2D eigenvalue weighted by Gasteiger charge is 2.43. The van der Waals surface area contributed by atoms with E-state index in [2.05, 4.69) is 0 Å². The van der Waals surface area contributed by atoms with Crippen LogP contribution in [0.1, 0.15) is 57.3 Å². The largest absolute Gasteiger partial charge is 0.443 e. The molecule has 1 fully saturated rings. The van der Waals surface area contributed by atoms with Gasteiger partial charge < -0.3 is 14.4 Å². The Kier molecular flexibility index (Phi) is 4.09. The van der Waals surface area contributed by atoms with Crippen LogP contribution < -0.4 is 0 Å². The van der Waals surface area contributed by atoms with E-state index in [4.69, 9.17) is 4.74 Å². The van der Waals surface area contributed by atoms with E-state index in [1.807, 2.05) is 45.0 Å². The van der Waals surface area contributed by atoms with Crippen LogP contribution in [0.15, 0.2) is 24.3 Å². The lowest BCUT2D eigenvalue weighted by Gasteiger charge is -2.43. The topological polar surface area (TPSA) is 68.6 Å². The Morgan fingerprint density at radius 1 is 1.26 bits per heavy atom. The van der Waals surface area contributed by atoms with Gasteiger partial charge in [0.15, 0.2) is 0 Å². The van der Waals surface area contributed by atoms with Gasteiger partial charge >= 0.3 is 6.09 Å². The predicted molar refractivity (Wildman–Crippen MR) is 101 cm³/mol. The molecular formula is C21H24N2O4. The van der Waals surface area contributed by atoms with Crippen LogP contribution in [0.5, 0.6) is 0 Å². The lowest BCUT2D eigenvalue weighted by Crippen LogP contribution is -2.50. The number of carbonyl (C=O) groups is 3. The molecule has 0 saturated carbocycles. The number of benzene rings is 1. The number of hydrogen-bond donors (Lipinski definition) is 0. The molecule has 1 saturated heterocycles. The molecule has 0 radical (unpaired) electrons. The number of rotatable bonds is 1. The standard InChI is InChI=1S/C21H24N2O4/c1-21(2,3)27-20(26)23-16-8-5-4-7-14(16)15-11-13(12-24)22-17(19(15)23)9-6-10-18(22)25/h4-5,7-8,12-13,17H,6,9-11H2,1-3H3/t13-,17+/m1/s1. The van der Waals surface area contributed by atoms with Crippen LogP contribution in [0, 0.1) is 0 Å². The zero-order valence-corrected chi connectivity index (χ0v) is 15.9. The van der Waals surface area contributed by atoms with Gasteiger partial charge in [-0.2, -0.15) is 0 Å². The lowest BCUT2D eigenvalue weighted by atomic mass is 9.86. The van der Waals surface area contributed by atoms with E-state index in [0.717, 1.165) is 41.3 Å². The van der Waals surface area contributed by atoms with Crippen molar-refractivity contribution in [3.63, 3.8) is 0 Å². The molecule has 0 N–H and O–H groups in total. The van der Waals surface area contributed by atoms with Gasteiger partial charge in [-0.3, -0.25) is 4.79 Å². The number of aldehydes is 1. The van der Waals surface area contributed by atoms with Crippen molar-refractivity contribution in [3.8, 4) is 0 Å². The van der Waals surface area contributed by atoms with Crippen LogP contribution in [-0.4, -0.2) is 39.4 Å². The first-order valence-electron chi connectivity index (χ1n) is 9.44. The van der Waals surface area contributed by atoms with Crippen molar-refractivity contribution in [3.05, 3.63) is 35.5 Å². The Labute approximate surface area is 158 Å². The molecule has 0 unspecified atom stereocenters. The molecule has 27 heavy (non-hydrogen) atoms.